The van der Waals surface area contributed by atoms with E-state index in [2.05, 4.69) is 28.2 Å². The SMILES string of the molecule is CCNC(=NCC(=O)N1CCCc2ccccc21)N1CCC(COCCOC)C1.I. The molecular weight excluding hydrogens is 495 g/mol. The maximum absolute atomic E-state index is 12.9. The smallest absolute Gasteiger partial charge is 0.248 e. The van der Waals surface area contributed by atoms with Crippen molar-refractivity contribution in [2.24, 2.45) is 10.9 Å². The molecule has 3 rings (SSSR count). The topological polar surface area (TPSA) is 66.4 Å². The number of nitrogens with zero attached hydrogens (tertiary/aromatic N) is 3. The van der Waals surface area contributed by atoms with Crippen LogP contribution in [-0.2, 0) is 20.7 Å². The average Bonchev–Trinajstić information content (AvgIpc) is 3.22. The van der Waals surface area contributed by atoms with Gasteiger partial charge in [0, 0.05) is 44.9 Å². The van der Waals surface area contributed by atoms with E-state index < -0.39 is 0 Å². The second-order valence-electron chi connectivity index (χ2n) is 7.62. The first-order valence-corrected chi connectivity index (χ1v) is 10.7. The molecule has 1 aromatic carbocycles. The van der Waals surface area contributed by atoms with E-state index in [1.807, 2.05) is 23.1 Å². The Kier molecular flexibility index (Phi) is 10.9. The number of ether oxygens (including phenoxy) is 2. The number of benzene rings is 1. The Hall–Kier alpha value is -1.39. The number of fused-ring (bicyclic) bond motifs is 1. The van der Waals surface area contributed by atoms with E-state index in [9.17, 15) is 4.79 Å². The summed E-state index contributed by atoms with van der Waals surface area (Å²) in [5.74, 6) is 1.37. The van der Waals surface area contributed by atoms with Crippen LogP contribution in [0.4, 0.5) is 5.69 Å². The van der Waals surface area contributed by atoms with Gasteiger partial charge in [0.05, 0.1) is 19.8 Å². The summed E-state index contributed by atoms with van der Waals surface area (Å²) in [4.78, 5) is 21.7. The normalized spacial score (nSPS) is 18.7. The number of likely N-dealkylation sites (tertiary alicyclic amines) is 1. The molecule has 1 N–H and O–H groups in total. The molecule has 2 aliphatic heterocycles. The van der Waals surface area contributed by atoms with Crippen molar-refractivity contribution in [2.45, 2.75) is 26.2 Å². The minimum Gasteiger partial charge on any atom is -0.382 e. The lowest BCUT2D eigenvalue weighted by Gasteiger charge is -2.29. The van der Waals surface area contributed by atoms with Crippen LogP contribution in [0.25, 0.3) is 0 Å². The van der Waals surface area contributed by atoms with Crippen LogP contribution in [0.5, 0.6) is 0 Å². The van der Waals surface area contributed by atoms with Crippen LogP contribution in [-0.4, -0.2) is 76.4 Å². The van der Waals surface area contributed by atoms with Crippen LogP contribution in [0, 0.1) is 5.92 Å². The van der Waals surface area contributed by atoms with Gasteiger partial charge < -0.3 is 24.6 Å². The van der Waals surface area contributed by atoms with Crippen LogP contribution in [0.1, 0.15) is 25.3 Å². The Morgan fingerprint density at radius 2 is 2.10 bits per heavy atom. The summed E-state index contributed by atoms with van der Waals surface area (Å²) in [5, 5.41) is 3.34. The third kappa shape index (κ3) is 6.81. The minimum atomic E-state index is 0. The van der Waals surface area contributed by atoms with Crippen molar-refractivity contribution in [3.05, 3.63) is 29.8 Å². The molecule has 8 heteroatoms. The number of guanidine groups is 1. The molecule has 7 nitrogen and oxygen atoms in total. The third-order valence-electron chi connectivity index (χ3n) is 5.48. The lowest BCUT2D eigenvalue weighted by atomic mass is 10.0. The molecule has 0 aromatic heterocycles. The fraction of sp³-hybridized carbons (Fsp3) is 0.636. The van der Waals surface area contributed by atoms with Gasteiger partial charge in [0.25, 0.3) is 0 Å². The standard InChI is InChI=1S/C22H34N4O3.HI/c1-3-23-22(25-12-10-18(16-25)17-29-14-13-28-2)24-15-21(27)26-11-6-8-19-7-4-5-9-20(19)26;/h4-5,7,9,18H,3,6,8,10-17H2,1-2H3,(H,23,24);1H. The van der Waals surface area contributed by atoms with Crippen molar-refractivity contribution < 1.29 is 14.3 Å². The minimum absolute atomic E-state index is 0. The fourth-order valence-corrected chi connectivity index (χ4v) is 4.00. The van der Waals surface area contributed by atoms with Crippen LogP contribution in [0.2, 0.25) is 0 Å². The molecule has 2 aliphatic rings. The first kappa shape index (κ1) is 24.9. The Morgan fingerprint density at radius 1 is 1.27 bits per heavy atom. The van der Waals surface area contributed by atoms with Gasteiger partial charge >= 0.3 is 0 Å². The van der Waals surface area contributed by atoms with E-state index in [0.717, 1.165) is 63.7 Å². The predicted octanol–water partition coefficient (Wildman–Crippen LogP) is 2.53. The summed E-state index contributed by atoms with van der Waals surface area (Å²) in [6.45, 7) is 7.61. The van der Waals surface area contributed by atoms with E-state index in [1.54, 1.807) is 7.11 Å². The third-order valence-corrected chi connectivity index (χ3v) is 5.48. The number of aryl methyl sites for hydroxylation is 1. The van der Waals surface area contributed by atoms with Crippen molar-refractivity contribution >= 4 is 41.5 Å². The number of carbonyl (C=O) groups is 1. The molecule has 1 saturated heterocycles. The molecule has 0 aliphatic carbocycles. The first-order chi connectivity index (χ1) is 14.2. The van der Waals surface area contributed by atoms with Gasteiger partial charge in [0.2, 0.25) is 5.91 Å². The fourth-order valence-electron chi connectivity index (χ4n) is 4.00. The Labute approximate surface area is 197 Å². The van der Waals surface area contributed by atoms with Crippen LogP contribution in [0.15, 0.2) is 29.3 Å². The second kappa shape index (κ2) is 13.1. The Morgan fingerprint density at radius 3 is 2.90 bits per heavy atom. The van der Waals surface area contributed by atoms with Crippen molar-refractivity contribution in [1.82, 2.24) is 10.2 Å². The maximum atomic E-state index is 12.9. The number of para-hydroxylation sites is 1. The molecule has 1 fully saturated rings. The van der Waals surface area contributed by atoms with Gasteiger partial charge in [-0.25, -0.2) is 4.99 Å². The molecule has 1 atom stereocenters. The average molecular weight is 530 g/mol. The zero-order valence-corrected chi connectivity index (χ0v) is 20.5. The molecule has 2 heterocycles. The summed E-state index contributed by atoms with van der Waals surface area (Å²) in [6.07, 6.45) is 3.11. The van der Waals surface area contributed by atoms with Gasteiger partial charge in [-0.2, -0.15) is 0 Å². The second-order valence-corrected chi connectivity index (χ2v) is 7.62. The number of halogens is 1. The zero-order chi connectivity index (χ0) is 20.5. The monoisotopic (exact) mass is 530 g/mol. The Bertz CT molecular complexity index is 701. The van der Waals surface area contributed by atoms with E-state index in [0.29, 0.717) is 19.1 Å². The number of anilines is 1. The predicted molar refractivity (Wildman–Crippen MR) is 131 cm³/mol. The number of nitrogens with one attached hydrogen (secondary N) is 1. The molecule has 1 amide bonds. The molecule has 30 heavy (non-hydrogen) atoms. The highest BCUT2D eigenvalue weighted by Crippen LogP contribution is 2.26. The van der Waals surface area contributed by atoms with Gasteiger partial charge in [0.1, 0.15) is 6.54 Å². The molecule has 1 aromatic rings. The van der Waals surface area contributed by atoms with Crippen molar-refractivity contribution in [3.8, 4) is 0 Å². The van der Waals surface area contributed by atoms with Gasteiger partial charge in [-0.05, 0) is 37.8 Å². The molecular formula is C22H35IN4O3. The highest BCUT2D eigenvalue weighted by atomic mass is 127. The van der Waals surface area contributed by atoms with Crippen molar-refractivity contribution in [3.63, 3.8) is 0 Å². The zero-order valence-electron chi connectivity index (χ0n) is 18.1. The van der Waals surface area contributed by atoms with Gasteiger partial charge in [-0.3, -0.25) is 4.79 Å². The van der Waals surface area contributed by atoms with Crippen molar-refractivity contribution in [2.75, 3.05) is 64.6 Å². The molecule has 1 unspecified atom stereocenters. The first-order valence-electron chi connectivity index (χ1n) is 10.7. The van der Waals surface area contributed by atoms with Gasteiger partial charge in [-0.15, -0.1) is 24.0 Å². The van der Waals surface area contributed by atoms with E-state index in [-0.39, 0.29) is 36.4 Å². The molecule has 0 saturated carbocycles. The summed E-state index contributed by atoms with van der Waals surface area (Å²) < 4.78 is 10.7. The molecule has 0 bridgehead atoms. The summed E-state index contributed by atoms with van der Waals surface area (Å²) in [6, 6.07) is 8.19. The highest BCUT2D eigenvalue weighted by molar-refractivity contribution is 14.0. The highest BCUT2D eigenvalue weighted by Gasteiger charge is 2.26. The summed E-state index contributed by atoms with van der Waals surface area (Å²) in [5.41, 5.74) is 2.29. The van der Waals surface area contributed by atoms with E-state index in [1.165, 1.54) is 5.56 Å². The lowest BCUT2D eigenvalue weighted by Crippen LogP contribution is -2.42. The summed E-state index contributed by atoms with van der Waals surface area (Å²) in [7, 11) is 1.68. The quantitative estimate of drug-likeness (QED) is 0.242. The summed E-state index contributed by atoms with van der Waals surface area (Å²) >= 11 is 0. The van der Waals surface area contributed by atoms with E-state index in [4.69, 9.17) is 9.47 Å². The molecule has 168 valence electrons. The Balaban J connectivity index is 0.00000320. The lowest BCUT2D eigenvalue weighted by molar-refractivity contribution is -0.117. The molecule has 0 radical (unpaired) electrons. The van der Waals surface area contributed by atoms with Gasteiger partial charge in [-0.1, -0.05) is 18.2 Å². The largest absolute Gasteiger partial charge is 0.382 e. The van der Waals surface area contributed by atoms with Crippen LogP contribution in [0.3, 0.4) is 0 Å². The van der Waals surface area contributed by atoms with Crippen LogP contribution < -0.4 is 10.2 Å². The number of carbonyl (C=O) groups excluding carboxylic acids is 1. The number of hydrogen-bond acceptors (Lipinski definition) is 4. The number of methoxy groups -OCH3 is 1. The number of rotatable bonds is 8. The van der Waals surface area contributed by atoms with E-state index >= 15 is 0 Å². The maximum Gasteiger partial charge on any atom is 0.248 e. The molecule has 0 spiro atoms. The number of amides is 1. The van der Waals surface area contributed by atoms with Crippen molar-refractivity contribution in [1.29, 1.82) is 0 Å². The van der Waals surface area contributed by atoms with Gasteiger partial charge in [0.15, 0.2) is 5.96 Å². The van der Waals surface area contributed by atoms with Crippen LogP contribution >= 0.6 is 24.0 Å². The number of hydrogen-bond donors (Lipinski definition) is 1. The number of aliphatic imine (C=N–C) groups is 1.